The van der Waals surface area contributed by atoms with Gasteiger partial charge in [0.15, 0.2) is 0 Å². The largest absolute Gasteiger partial charge is 0.325 e. The predicted molar refractivity (Wildman–Crippen MR) is 128 cm³/mol. The summed E-state index contributed by atoms with van der Waals surface area (Å²) < 4.78 is 0. The molecular formula is C27H26N4O. The van der Waals surface area contributed by atoms with E-state index in [-0.39, 0.29) is 11.9 Å². The van der Waals surface area contributed by atoms with Crippen LogP contribution in [0.1, 0.15) is 11.3 Å². The molecule has 0 saturated carbocycles. The van der Waals surface area contributed by atoms with Crippen molar-refractivity contribution in [2.24, 2.45) is 0 Å². The number of nitrogens with one attached hydrogen (secondary N) is 2. The SMILES string of the molecule is O=C(Nc1cccc(-c2ccncc2)c1)[C@H](Cc1ccccc1)NCCc1ccccn1. The third-order valence-electron chi connectivity index (χ3n) is 5.24. The van der Waals surface area contributed by atoms with Crippen LogP contribution in [0, 0.1) is 0 Å². The fourth-order valence-electron chi connectivity index (χ4n) is 3.58. The van der Waals surface area contributed by atoms with E-state index in [0.717, 1.165) is 34.5 Å². The van der Waals surface area contributed by atoms with Crippen molar-refractivity contribution in [3.8, 4) is 11.1 Å². The van der Waals surface area contributed by atoms with Gasteiger partial charge in [-0.25, -0.2) is 0 Å². The smallest absolute Gasteiger partial charge is 0.241 e. The van der Waals surface area contributed by atoms with Crippen molar-refractivity contribution < 1.29 is 4.79 Å². The van der Waals surface area contributed by atoms with Crippen LogP contribution in [0.3, 0.4) is 0 Å². The molecule has 5 heteroatoms. The van der Waals surface area contributed by atoms with Crippen molar-refractivity contribution in [3.05, 3.63) is 115 Å². The van der Waals surface area contributed by atoms with Crippen LogP contribution in [-0.4, -0.2) is 28.5 Å². The summed E-state index contributed by atoms with van der Waals surface area (Å²) in [6, 6.07) is 27.4. The molecule has 0 radical (unpaired) electrons. The molecule has 0 bridgehead atoms. The van der Waals surface area contributed by atoms with Crippen molar-refractivity contribution in [3.63, 3.8) is 0 Å². The number of rotatable bonds is 9. The maximum absolute atomic E-state index is 13.2. The Morgan fingerprint density at radius 1 is 0.812 bits per heavy atom. The molecule has 160 valence electrons. The molecule has 1 atom stereocenters. The van der Waals surface area contributed by atoms with E-state index in [0.29, 0.717) is 13.0 Å². The molecule has 1 amide bonds. The van der Waals surface area contributed by atoms with E-state index < -0.39 is 0 Å². The fraction of sp³-hybridized carbons (Fsp3) is 0.148. The number of carbonyl (C=O) groups is 1. The van der Waals surface area contributed by atoms with E-state index in [9.17, 15) is 4.79 Å². The molecule has 2 N–H and O–H groups in total. The van der Waals surface area contributed by atoms with Crippen LogP contribution in [0.25, 0.3) is 11.1 Å². The van der Waals surface area contributed by atoms with Crippen LogP contribution < -0.4 is 10.6 Å². The molecule has 4 aromatic rings. The summed E-state index contributed by atoms with van der Waals surface area (Å²) in [7, 11) is 0. The maximum Gasteiger partial charge on any atom is 0.241 e. The van der Waals surface area contributed by atoms with Crippen LogP contribution >= 0.6 is 0 Å². The van der Waals surface area contributed by atoms with Gasteiger partial charge in [-0.3, -0.25) is 14.8 Å². The Morgan fingerprint density at radius 3 is 2.41 bits per heavy atom. The molecule has 0 unspecified atom stereocenters. The number of aromatic nitrogens is 2. The average molecular weight is 423 g/mol. The van der Waals surface area contributed by atoms with Gasteiger partial charge in [0.2, 0.25) is 5.91 Å². The van der Waals surface area contributed by atoms with Crippen molar-refractivity contribution >= 4 is 11.6 Å². The number of benzene rings is 2. The number of hydrogen-bond acceptors (Lipinski definition) is 4. The zero-order valence-electron chi connectivity index (χ0n) is 17.8. The van der Waals surface area contributed by atoms with E-state index in [1.807, 2.05) is 84.9 Å². The Hall–Kier alpha value is -3.83. The lowest BCUT2D eigenvalue weighted by molar-refractivity contribution is -0.118. The van der Waals surface area contributed by atoms with Gasteiger partial charge < -0.3 is 10.6 Å². The first-order chi connectivity index (χ1) is 15.8. The molecule has 0 aliphatic rings. The van der Waals surface area contributed by atoms with E-state index in [2.05, 4.69) is 20.6 Å². The quantitative estimate of drug-likeness (QED) is 0.416. The minimum Gasteiger partial charge on any atom is -0.325 e. The molecule has 32 heavy (non-hydrogen) atoms. The first-order valence-electron chi connectivity index (χ1n) is 10.8. The Labute approximate surface area is 188 Å². The Balaban J connectivity index is 1.45. The highest BCUT2D eigenvalue weighted by atomic mass is 16.2. The number of nitrogens with zero attached hydrogens (tertiary/aromatic N) is 2. The highest BCUT2D eigenvalue weighted by molar-refractivity contribution is 5.95. The zero-order valence-corrected chi connectivity index (χ0v) is 17.8. The second-order valence-corrected chi connectivity index (χ2v) is 7.57. The third kappa shape index (κ3) is 6.09. The van der Waals surface area contributed by atoms with Crippen LogP contribution in [0.5, 0.6) is 0 Å². The van der Waals surface area contributed by atoms with Crippen molar-refractivity contribution in [1.82, 2.24) is 15.3 Å². The Morgan fingerprint density at radius 2 is 1.62 bits per heavy atom. The van der Waals surface area contributed by atoms with Gasteiger partial charge in [0.1, 0.15) is 0 Å². The van der Waals surface area contributed by atoms with E-state index >= 15 is 0 Å². The molecule has 2 heterocycles. The zero-order chi connectivity index (χ0) is 22.0. The average Bonchev–Trinajstić information content (AvgIpc) is 2.85. The molecule has 0 spiro atoms. The standard InChI is InChI=1S/C27H26N4O/c32-27(31-25-11-6-9-23(20-25)22-12-16-28-17-13-22)26(19-21-7-2-1-3-8-21)30-18-14-24-10-4-5-15-29-24/h1-13,15-17,20,26,30H,14,18-19H2,(H,31,32)/t26-/m0/s1. The van der Waals surface area contributed by atoms with Crippen LogP contribution in [0.15, 0.2) is 104 Å². The summed E-state index contributed by atoms with van der Waals surface area (Å²) in [6.07, 6.45) is 6.69. The third-order valence-corrected chi connectivity index (χ3v) is 5.24. The van der Waals surface area contributed by atoms with E-state index in [1.54, 1.807) is 18.6 Å². The maximum atomic E-state index is 13.2. The Kier molecular flexibility index (Phi) is 7.34. The van der Waals surface area contributed by atoms with Crippen LogP contribution in [0.4, 0.5) is 5.69 Å². The lowest BCUT2D eigenvalue weighted by atomic mass is 10.0. The first-order valence-corrected chi connectivity index (χ1v) is 10.8. The molecule has 0 saturated heterocycles. The molecule has 4 rings (SSSR count). The highest BCUT2D eigenvalue weighted by Crippen LogP contribution is 2.22. The van der Waals surface area contributed by atoms with Gasteiger partial charge in [-0.1, -0.05) is 48.5 Å². The number of anilines is 1. The number of hydrogen-bond donors (Lipinski definition) is 2. The van der Waals surface area contributed by atoms with Gasteiger partial charge in [0.05, 0.1) is 6.04 Å². The minimum atomic E-state index is -0.356. The summed E-state index contributed by atoms with van der Waals surface area (Å²) in [5, 5.41) is 6.51. The van der Waals surface area contributed by atoms with Crippen molar-refractivity contribution in [2.45, 2.75) is 18.9 Å². The van der Waals surface area contributed by atoms with Crippen LogP contribution in [-0.2, 0) is 17.6 Å². The molecule has 2 aromatic heterocycles. The monoisotopic (exact) mass is 422 g/mol. The number of amides is 1. The van der Waals surface area contributed by atoms with Gasteiger partial charge in [0.25, 0.3) is 0 Å². The molecule has 5 nitrogen and oxygen atoms in total. The fourth-order valence-corrected chi connectivity index (χ4v) is 3.58. The van der Waals surface area contributed by atoms with Gasteiger partial charge in [0, 0.05) is 42.9 Å². The number of pyridine rings is 2. The summed E-state index contributed by atoms with van der Waals surface area (Å²) in [5.41, 5.74) is 4.99. The van der Waals surface area contributed by atoms with Gasteiger partial charge in [-0.2, -0.15) is 0 Å². The Bertz CT molecular complexity index is 1120. The van der Waals surface area contributed by atoms with Crippen molar-refractivity contribution in [2.75, 3.05) is 11.9 Å². The van der Waals surface area contributed by atoms with Gasteiger partial charge in [-0.15, -0.1) is 0 Å². The molecule has 0 aliphatic heterocycles. The highest BCUT2D eigenvalue weighted by Gasteiger charge is 2.19. The summed E-state index contributed by atoms with van der Waals surface area (Å²) in [5.74, 6) is -0.0539. The lowest BCUT2D eigenvalue weighted by Gasteiger charge is -2.19. The van der Waals surface area contributed by atoms with Gasteiger partial charge >= 0.3 is 0 Å². The first kappa shape index (κ1) is 21.4. The van der Waals surface area contributed by atoms with Crippen molar-refractivity contribution in [1.29, 1.82) is 0 Å². The van der Waals surface area contributed by atoms with Gasteiger partial charge in [-0.05, 0) is 59.5 Å². The summed E-state index contributed by atoms with van der Waals surface area (Å²) in [6.45, 7) is 0.666. The molecular weight excluding hydrogens is 396 g/mol. The second kappa shape index (κ2) is 11.0. The minimum absolute atomic E-state index is 0.0539. The summed E-state index contributed by atoms with van der Waals surface area (Å²) >= 11 is 0. The normalized spacial score (nSPS) is 11.6. The topological polar surface area (TPSA) is 66.9 Å². The second-order valence-electron chi connectivity index (χ2n) is 7.57. The number of carbonyl (C=O) groups excluding carboxylic acids is 1. The van der Waals surface area contributed by atoms with E-state index in [1.165, 1.54) is 0 Å². The lowest BCUT2D eigenvalue weighted by Crippen LogP contribution is -2.43. The van der Waals surface area contributed by atoms with Crippen LogP contribution in [0.2, 0.25) is 0 Å². The summed E-state index contributed by atoms with van der Waals surface area (Å²) in [4.78, 5) is 21.6. The van der Waals surface area contributed by atoms with E-state index in [4.69, 9.17) is 0 Å². The molecule has 2 aromatic carbocycles. The predicted octanol–water partition coefficient (Wildman–Crippen LogP) is 4.53. The molecule has 0 fully saturated rings. The molecule has 0 aliphatic carbocycles.